The number of hydrogen-bond donors (Lipinski definition) is 0. The number of aryl methyl sites for hydroxylation is 1. The molecule has 0 aliphatic rings. The summed E-state index contributed by atoms with van der Waals surface area (Å²) >= 11 is 1.59. The smallest absolute Gasteiger partial charge is 0.240 e. The fraction of sp³-hybridized carbons (Fsp3) is 0.429. The lowest BCUT2D eigenvalue weighted by Crippen LogP contribution is -1.99. The Morgan fingerprint density at radius 3 is 3.05 bits per heavy atom. The number of ether oxygens (including phenoxy) is 1. The molecule has 0 saturated heterocycles. The fourth-order valence-electron chi connectivity index (χ4n) is 2.18. The Morgan fingerprint density at radius 1 is 1.41 bits per heavy atom. The van der Waals surface area contributed by atoms with Gasteiger partial charge in [0.1, 0.15) is 12.1 Å². The van der Waals surface area contributed by atoms with Crippen LogP contribution in [0.5, 0.6) is 0 Å². The van der Waals surface area contributed by atoms with Crippen LogP contribution in [0, 0.1) is 0 Å². The highest BCUT2D eigenvalue weighted by Gasteiger charge is 2.19. The molecule has 8 heteroatoms. The highest BCUT2D eigenvalue weighted by molar-refractivity contribution is 7.99. The van der Waals surface area contributed by atoms with Crippen LogP contribution < -0.4 is 0 Å². The zero-order valence-electron chi connectivity index (χ0n) is 12.7. The molecule has 116 valence electrons. The van der Waals surface area contributed by atoms with Crippen molar-refractivity contribution in [1.29, 1.82) is 0 Å². The van der Waals surface area contributed by atoms with Gasteiger partial charge in [-0.15, -0.1) is 0 Å². The van der Waals surface area contributed by atoms with E-state index in [1.165, 1.54) is 0 Å². The number of fused-ring (bicyclic) bond motifs is 1. The maximum atomic E-state index is 5.29. The van der Waals surface area contributed by atoms with Crippen molar-refractivity contribution in [3.05, 3.63) is 30.2 Å². The van der Waals surface area contributed by atoms with Crippen LogP contribution in [0.3, 0.4) is 0 Å². The Morgan fingerprint density at radius 2 is 2.27 bits per heavy atom. The molecule has 0 spiro atoms. The van der Waals surface area contributed by atoms with Gasteiger partial charge in [-0.05, 0) is 19.9 Å². The third kappa shape index (κ3) is 2.84. The molecule has 0 saturated carbocycles. The summed E-state index contributed by atoms with van der Waals surface area (Å²) in [6.45, 7) is 5.31. The van der Waals surface area contributed by atoms with Gasteiger partial charge in [0.05, 0.1) is 17.0 Å². The largest absolute Gasteiger partial charge is 0.377 e. The number of rotatable bonds is 6. The Hall–Kier alpha value is -1.93. The molecule has 0 unspecified atom stereocenters. The first-order chi connectivity index (χ1) is 10.7. The molecule has 3 rings (SSSR count). The maximum Gasteiger partial charge on any atom is 0.240 e. The van der Waals surface area contributed by atoms with Gasteiger partial charge in [-0.2, -0.15) is 4.98 Å². The van der Waals surface area contributed by atoms with Gasteiger partial charge < -0.3 is 13.8 Å². The average Bonchev–Trinajstić information content (AvgIpc) is 3.11. The molecule has 3 heterocycles. The molecular weight excluding hydrogens is 302 g/mol. The first-order valence-corrected chi connectivity index (χ1v) is 7.89. The van der Waals surface area contributed by atoms with Crippen LogP contribution in [0.4, 0.5) is 0 Å². The van der Waals surface area contributed by atoms with Gasteiger partial charge in [-0.25, -0.2) is 4.98 Å². The number of thioether (sulfide) groups is 1. The van der Waals surface area contributed by atoms with E-state index < -0.39 is 0 Å². The predicted molar refractivity (Wildman–Crippen MR) is 82.5 cm³/mol. The van der Waals surface area contributed by atoms with E-state index in [2.05, 4.69) is 31.6 Å². The second kappa shape index (κ2) is 6.45. The SMILES string of the molecule is CCn1c(S[C@@H](C)c2nc(COC)no2)nc2cnccc21. The zero-order valence-corrected chi connectivity index (χ0v) is 13.5. The second-order valence-electron chi connectivity index (χ2n) is 4.74. The Labute approximate surface area is 132 Å². The van der Waals surface area contributed by atoms with E-state index >= 15 is 0 Å². The molecule has 0 N–H and O–H groups in total. The summed E-state index contributed by atoms with van der Waals surface area (Å²) in [5, 5.41) is 4.82. The van der Waals surface area contributed by atoms with Gasteiger partial charge in [-0.3, -0.25) is 4.98 Å². The van der Waals surface area contributed by atoms with E-state index in [1.807, 2.05) is 13.0 Å². The summed E-state index contributed by atoms with van der Waals surface area (Å²) in [5.41, 5.74) is 1.97. The Bertz CT molecular complexity index is 770. The highest BCUT2D eigenvalue weighted by atomic mass is 32.2. The molecule has 0 aromatic carbocycles. The van der Waals surface area contributed by atoms with E-state index in [-0.39, 0.29) is 5.25 Å². The van der Waals surface area contributed by atoms with Crippen LogP contribution in [0.25, 0.3) is 11.0 Å². The minimum Gasteiger partial charge on any atom is -0.377 e. The number of imidazole rings is 1. The molecule has 0 fully saturated rings. The molecule has 3 aromatic rings. The summed E-state index contributed by atoms with van der Waals surface area (Å²) in [4.78, 5) is 13.1. The van der Waals surface area contributed by atoms with Crippen molar-refractivity contribution in [1.82, 2.24) is 24.7 Å². The summed E-state index contributed by atoms with van der Waals surface area (Å²) in [5.74, 6) is 1.13. The van der Waals surface area contributed by atoms with Crippen molar-refractivity contribution < 1.29 is 9.26 Å². The van der Waals surface area contributed by atoms with Crippen molar-refractivity contribution in [3.63, 3.8) is 0 Å². The third-order valence-electron chi connectivity index (χ3n) is 3.22. The molecule has 0 aliphatic carbocycles. The van der Waals surface area contributed by atoms with Gasteiger partial charge in [-0.1, -0.05) is 16.9 Å². The van der Waals surface area contributed by atoms with Crippen LogP contribution in [0.2, 0.25) is 0 Å². The minimum atomic E-state index is 0.00757. The van der Waals surface area contributed by atoms with Crippen LogP contribution >= 0.6 is 11.8 Å². The Kier molecular flexibility index (Phi) is 4.39. The van der Waals surface area contributed by atoms with Crippen LogP contribution in [0.1, 0.15) is 30.8 Å². The fourth-order valence-corrected chi connectivity index (χ4v) is 3.20. The molecule has 3 aromatic heterocycles. The summed E-state index contributed by atoms with van der Waals surface area (Å²) in [6.07, 6.45) is 3.56. The number of nitrogens with zero attached hydrogens (tertiary/aromatic N) is 5. The van der Waals surface area contributed by atoms with Gasteiger partial charge >= 0.3 is 0 Å². The molecule has 0 aliphatic heterocycles. The molecule has 22 heavy (non-hydrogen) atoms. The monoisotopic (exact) mass is 319 g/mol. The Balaban J connectivity index is 1.85. The first kappa shape index (κ1) is 15.0. The topological polar surface area (TPSA) is 78.9 Å². The van der Waals surface area contributed by atoms with E-state index in [0.29, 0.717) is 18.3 Å². The van der Waals surface area contributed by atoms with E-state index in [4.69, 9.17) is 9.26 Å². The first-order valence-electron chi connectivity index (χ1n) is 7.01. The maximum absolute atomic E-state index is 5.29. The van der Waals surface area contributed by atoms with Gasteiger partial charge in [0.15, 0.2) is 11.0 Å². The second-order valence-corrected chi connectivity index (χ2v) is 6.05. The van der Waals surface area contributed by atoms with Gasteiger partial charge in [0.25, 0.3) is 0 Å². The van der Waals surface area contributed by atoms with Crippen molar-refractivity contribution in [2.45, 2.75) is 37.4 Å². The minimum absolute atomic E-state index is 0.00757. The average molecular weight is 319 g/mol. The summed E-state index contributed by atoms with van der Waals surface area (Å²) < 4.78 is 12.4. The quantitative estimate of drug-likeness (QED) is 0.646. The lowest BCUT2D eigenvalue weighted by Gasteiger charge is -2.08. The van der Waals surface area contributed by atoms with E-state index in [9.17, 15) is 0 Å². The van der Waals surface area contributed by atoms with Crippen molar-refractivity contribution in [3.8, 4) is 0 Å². The lowest BCUT2D eigenvalue weighted by molar-refractivity contribution is 0.174. The van der Waals surface area contributed by atoms with Gasteiger partial charge in [0.2, 0.25) is 5.89 Å². The standard InChI is InChI=1S/C14H17N5O2S/c1-4-19-11-5-6-15-7-10(11)16-14(19)22-9(2)13-17-12(8-20-3)18-21-13/h5-7,9H,4,8H2,1-3H3/t9-/m0/s1. The lowest BCUT2D eigenvalue weighted by atomic mass is 10.4. The summed E-state index contributed by atoms with van der Waals surface area (Å²) in [7, 11) is 1.60. The van der Waals surface area contributed by atoms with Crippen LogP contribution in [-0.4, -0.2) is 31.8 Å². The molecule has 0 radical (unpaired) electrons. The van der Waals surface area contributed by atoms with Gasteiger partial charge in [0, 0.05) is 19.9 Å². The van der Waals surface area contributed by atoms with Crippen molar-refractivity contribution >= 4 is 22.8 Å². The number of methoxy groups -OCH3 is 1. The molecule has 7 nitrogen and oxygen atoms in total. The summed E-state index contributed by atoms with van der Waals surface area (Å²) in [6, 6.07) is 1.98. The van der Waals surface area contributed by atoms with Crippen molar-refractivity contribution in [2.24, 2.45) is 0 Å². The van der Waals surface area contributed by atoms with Crippen LogP contribution in [-0.2, 0) is 17.9 Å². The van der Waals surface area contributed by atoms with Crippen LogP contribution in [0.15, 0.2) is 28.1 Å². The van der Waals surface area contributed by atoms with E-state index in [0.717, 1.165) is 22.7 Å². The molecule has 0 amide bonds. The molecule has 1 atom stereocenters. The highest BCUT2D eigenvalue weighted by Crippen LogP contribution is 2.35. The zero-order chi connectivity index (χ0) is 15.5. The number of pyridine rings is 1. The third-order valence-corrected chi connectivity index (χ3v) is 4.30. The predicted octanol–water partition coefficient (Wildman–Crippen LogP) is 2.83. The number of aromatic nitrogens is 5. The van der Waals surface area contributed by atoms with E-state index in [1.54, 1.807) is 31.3 Å². The normalized spacial score (nSPS) is 12.9. The molecular formula is C14H17N5O2S. The molecule has 0 bridgehead atoms. The van der Waals surface area contributed by atoms with Crippen molar-refractivity contribution in [2.75, 3.05) is 7.11 Å². The number of hydrogen-bond acceptors (Lipinski definition) is 7.